The van der Waals surface area contributed by atoms with Gasteiger partial charge in [0.1, 0.15) is 24.0 Å². The fourth-order valence-corrected chi connectivity index (χ4v) is 10.3. The van der Waals surface area contributed by atoms with Gasteiger partial charge in [0.15, 0.2) is 0 Å². The first kappa shape index (κ1) is 47.6. The molecular formula is C66H70N4O. The summed E-state index contributed by atoms with van der Waals surface area (Å²) in [7, 11) is 0. The van der Waals surface area contributed by atoms with Crippen LogP contribution < -0.4 is 14.5 Å². The fraction of sp³-hybridized carbons (Fsp3) is 0.288. The van der Waals surface area contributed by atoms with Gasteiger partial charge in [-0.2, -0.15) is 0 Å². The summed E-state index contributed by atoms with van der Waals surface area (Å²) in [5.74, 6) is 2.44. The van der Waals surface area contributed by atoms with Crippen LogP contribution in [-0.2, 0) is 27.1 Å². The normalized spacial score (nSPS) is 13.6. The van der Waals surface area contributed by atoms with Gasteiger partial charge in [-0.3, -0.25) is 4.57 Å². The molecule has 0 bridgehead atoms. The Hall–Kier alpha value is -7.11. The third-order valence-corrected chi connectivity index (χ3v) is 15.2. The molecule has 10 rings (SSSR count). The van der Waals surface area contributed by atoms with Crippen LogP contribution in [0.2, 0.25) is 0 Å². The SMILES string of the molecule is CC(C)(C)c1ccnc(-n2c3ccc(C(C)(C)C)cc3c3ccc(Oc4cccc(N5CN(c6cc(C(C)(C)c7ccccc7)cc(C(C)(C)c7ccccc7)c6)c6cc(C(C)(C)C)ccc65)c4)cc32)c1. The second kappa shape index (κ2) is 17.3. The van der Waals surface area contributed by atoms with Gasteiger partial charge in [-0.15, -0.1) is 0 Å². The molecule has 0 fully saturated rings. The molecule has 0 amide bonds. The number of rotatable bonds is 9. The second-order valence-electron chi connectivity index (χ2n) is 24.0. The highest BCUT2D eigenvalue weighted by Gasteiger charge is 2.34. The number of nitrogens with zero attached hydrogens (tertiary/aromatic N) is 4. The molecule has 0 saturated heterocycles. The monoisotopic (exact) mass is 935 g/mol. The summed E-state index contributed by atoms with van der Waals surface area (Å²) in [5.41, 5.74) is 15.2. The molecule has 1 aliphatic rings. The first-order chi connectivity index (χ1) is 33.6. The van der Waals surface area contributed by atoms with Crippen LogP contribution in [0.1, 0.15) is 129 Å². The number of ether oxygens (including phenoxy) is 1. The molecule has 0 atom stereocenters. The highest BCUT2D eigenvalue weighted by Crippen LogP contribution is 2.49. The Morgan fingerprint density at radius 1 is 0.380 bits per heavy atom. The lowest BCUT2D eigenvalue weighted by Crippen LogP contribution is -2.27. The molecule has 1 aliphatic heterocycles. The molecule has 5 nitrogen and oxygen atoms in total. The number of hydrogen-bond donors (Lipinski definition) is 0. The largest absolute Gasteiger partial charge is 0.457 e. The summed E-state index contributed by atoms with van der Waals surface area (Å²) in [6.45, 7) is 30.6. The Labute approximate surface area is 422 Å². The Bertz CT molecular complexity index is 3360. The molecule has 71 heavy (non-hydrogen) atoms. The number of benzene rings is 7. The van der Waals surface area contributed by atoms with Crippen LogP contribution in [0, 0.1) is 0 Å². The third kappa shape index (κ3) is 8.90. The van der Waals surface area contributed by atoms with Crippen molar-refractivity contribution in [1.29, 1.82) is 0 Å². The molecule has 5 heteroatoms. The fourth-order valence-electron chi connectivity index (χ4n) is 10.3. The minimum Gasteiger partial charge on any atom is -0.457 e. The van der Waals surface area contributed by atoms with Crippen molar-refractivity contribution in [3.05, 3.63) is 215 Å². The minimum atomic E-state index is -0.250. The van der Waals surface area contributed by atoms with Crippen molar-refractivity contribution < 1.29 is 4.74 Å². The average Bonchev–Trinajstić information content (AvgIpc) is 3.89. The van der Waals surface area contributed by atoms with Crippen LogP contribution in [0.5, 0.6) is 11.5 Å². The van der Waals surface area contributed by atoms with Crippen LogP contribution >= 0.6 is 0 Å². The van der Waals surface area contributed by atoms with E-state index in [4.69, 9.17) is 9.72 Å². The molecule has 0 radical (unpaired) electrons. The summed E-state index contributed by atoms with van der Waals surface area (Å²) < 4.78 is 9.21. The Balaban J connectivity index is 1.06. The lowest BCUT2D eigenvalue weighted by molar-refractivity contribution is 0.483. The summed E-state index contributed by atoms with van der Waals surface area (Å²) in [6.07, 6.45) is 1.94. The van der Waals surface area contributed by atoms with Gasteiger partial charge in [-0.1, -0.05) is 175 Å². The molecule has 2 aromatic heterocycles. The summed E-state index contributed by atoms with van der Waals surface area (Å²) in [6, 6.07) is 62.6. The van der Waals surface area contributed by atoms with Crippen LogP contribution in [0.15, 0.2) is 176 Å². The molecule has 0 spiro atoms. The molecule has 3 heterocycles. The summed E-state index contributed by atoms with van der Waals surface area (Å²) in [4.78, 5) is 9.93. The average molecular weight is 935 g/mol. The second-order valence-corrected chi connectivity index (χ2v) is 24.0. The maximum Gasteiger partial charge on any atom is 0.137 e. The van der Waals surface area contributed by atoms with E-state index in [2.05, 4.69) is 274 Å². The summed E-state index contributed by atoms with van der Waals surface area (Å²) >= 11 is 0. The standard InChI is InChI=1S/C66H70N4O/c1-62(2,3)46-27-31-57-56(38-46)55-30-29-54(42-59(55)70(57)61-40-48(33-34-67-61)64(7,8)9)71-53-26-20-25-51(41-53)68-43-69(60-39-47(63(4,5)6)28-32-58(60)68)52-36-49(65(10,11)44-21-16-14-17-22-44)35-50(37-52)66(12,13)45-23-18-15-19-24-45/h14-42H,43H2,1-13H3. The first-order valence-electron chi connectivity index (χ1n) is 25.4. The highest BCUT2D eigenvalue weighted by molar-refractivity contribution is 6.10. The first-order valence-corrected chi connectivity index (χ1v) is 25.4. The molecule has 0 N–H and O–H groups in total. The summed E-state index contributed by atoms with van der Waals surface area (Å²) in [5, 5.41) is 2.38. The molecule has 0 saturated carbocycles. The highest BCUT2D eigenvalue weighted by atomic mass is 16.5. The zero-order valence-corrected chi connectivity index (χ0v) is 44.1. The van der Waals surface area contributed by atoms with Gasteiger partial charge in [-0.05, 0) is 128 Å². The van der Waals surface area contributed by atoms with Crippen molar-refractivity contribution in [1.82, 2.24) is 9.55 Å². The zero-order valence-electron chi connectivity index (χ0n) is 44.1. The Morgan fingerprint density at radius 2 is 0.944 bits per heavy atom. The minimum absolute atomic E-state index is 0.00833. The Kier molecular flexibility index (Phi) is 11.6. The van der Waals surface area contributed by atoms with E-state index < -0.39 is 0 Å². The van der Waals surface area contributed by atoms with E-state index in [1.54, 1.807) is 0 Å². The van der Waals surface area contributed by atoms with Gasteiger partial charge in [0.25, 0.3) is 0 Å². The van der Waals surface area contributed by atoms with Crippen molar-refractivity contribution in [3.8, 4) is 17.3 Å². The van der Waals surface area contributed by atoms with Crippen molar-refractivity contribution in [3.63, 3.8) is 0 Å². The predicted molar refractivity (Wildman–Crippen MR) is 300 cm³/mol. The Morgan fingerprint density at radius 3 is 1.56 bits per heavy atom. The lowest BCUT2D eigenvalue weighted by atomic mass is 9.73. The van der Waals surface area contributed by atoms with Gasteiger partial charge in [0.2, 0.25) is 0 Å². The van der Waals surface area contributed by atoms with Crippen LogP contribution in [-0.4, -0.2) is 16.2 Å². The number of anilines is 4. The van der Waals surface area contributed by atoms with E-state index >= 15 is 0 Å². The number of pyridine rings is 1. The van der Waals surface area contributed by atoms with Gasteiger partial charge in [0, 0.05) is 51.3 Å². The van der Waals surface area contributed by atoms with E-state index in [1.807, 2.05) is 6.20 Å². The van der Waals surface area contributed by atoms with Gasteiger partial charge in [-0.25, -0.2) is 4.98 Å². The van der Waals surface area contributed by atoms with E-state index in [0.29, 0.717) is 6.67 Å². The number of hydrogen-bond acceptors (Lipinski definition) is 4. The predicted octanol–water partition coefficient (Wildman–Crippen LogP) is 17.8. The number of fused-ring (bicyclic) bond motifs is 4. The third-order valence-electron chi connectivity index (χ3n) is 15.2. The van der Waals surface area contributed by atoms with E-state index in [0.717, 1.165) is 39.7 Å². The van der Waals surface area contributed by atoms with E-state index in [1.165, 1.54) is 61.1 Å². The lowest BCUT2D eigenvalue weighted by Gasteiger charge is -2.33. The van der Waals surface area contributed by atoms with Gasteiger partial charge < -0.3 is 14.5 Å². The molecule has 0 unspecified atom stereocenters. The van der Waals surface area contributed by atoms with Crippen LogP contribution in [0.3, 0.4) is 0 Å². The topological polar surface area (TPSA) is 33.5 Å². The number of aromatic nitrogens is 2. The van der Waals surface area contributed by atoms with Crippen molar-refractivity contribution in [2.75, 3.05) is 16.5 Å². The molecule has 0 aliphatic carbocycles. The van der Waals surface area contributed by atoms with Crippen LogP contribution in [0.4, 0.5) is 22.7 Å². The van der Waals surface area contributed by atoms with Crippen molar-refractivity contribution in [2.24, 2.45) is 0 Å². The quantitative estimate of drug-likeness (QED) is 0.144. The van der Waals surface area contributed by atoms with Gasteiger partial charge >= 0.3 is 0 Å². The van der Waals surface area contributed by atoms with Gasteiger partial charge in [0.05, 0.1) is 22.4 Å². The molecular weight excluding hydrogens is 865 g/mol. The molecule has 7 aromatic carbocycles. The van der Waals surface area contributed by atoms with Crippen molar-refractivity contribution in [2.45, 2.75) is 117 Å². The van der Waals surface area contributed by atoms with E-state index in [-0.39, 0.29) is 27.1 Å². The smallest absolute Gasteiger partial charge is 0.137 e. The zero-order chi connectivity index (χ0) is 50.3. The maximum atomic E-state index is 6.91. The molecule has 360 valence electrons. The van der Waals surface area contributed by atoms with E-state index in [9.17, 15) is 0 Å². The van der Waals surface area contributed by atoms with Crippen molar-refractivity contribution >= 4 is 44.6 Å². The molecule has 9 aromatic rings. The van der Waals surface area contributed by atoms with Crippen LogP contribution in [0.25, 0.3) is 27.6 Å². The maximum absolute atomic E-state index is 6.91.